The van der Waals surface area contributed by atoms with Gasteiger partial charge in [-0.25, -0.2) is 9.13 Å². The Hall–Kier alpha value is -1.94. The number of phosphoric acid groups is 2. The maximum Gasteiger partial charge on any atom is 0.472 e. The molecule has 105 heavy (non-hydrogen) atoms. The number of aliphatic hydroxyl groups is 1. The molecular weight excluding hydrogens is 1370 g/mol. The van der Waals surface area contributed by atoms with E-state index in [2.05, 4.69) is 41.5 Å². The Bertz CT molecular complexity index is 2010. The summed E-state index contributed by atoms with van der Waals surface area (Å²) in [6.45, 7) is 9.65. The number of hydrogen-bond acceptors (Lipinski definition) is 15. The Morgan fingerprint density at radius 1 is 0.276 bits per heavy atom. The van der Waals surface area contributed by atoms with Crippen molar-refractivity contribution in [3.63, 3.8) is 0 Å². The molecule has 0 aromatic carbocycles. The zero-order valence-electron chi connectivity index (χ0n) is 69.0. The zero-order chi connectivity index (χ0) is 77.1. The predicted octanol–water partition coefficient (Wildman–Crippen LogP) is 26.2. The molecule has 17 nitrogen and oxygen atoms in total. The van der Waals surface area contributed by atoms with Gasteiger partial charge in [-0.2, -0.15) is 0 Å². The number of aliphatic hydroxyl groups excluding tert-OH is 1. The van der Waals surface area contributed by atoms with E-state index in [9.17, 15) is 43.2 Å². The molecule has 19 heteroatoms. The highest BCUT2D eigenvalue weighted by molar-refractivity contribution is 7.47. The molecule has 624 valence electrons. The fraction of sp³-hybridized carbons (Fsp3) is 0.953. The minimum absolute atomic E-state index is 0.107. The van der Waals surface area contributed by atoms with E-state index < -0.39 is 97.5 Å². The van der Waals surface area contributed by atoms with Crippen LogP contribution in [0.5, 0.6) is 0 Å². The first kappa shape index (κ1) is 103. The SMILES string of the molecule is CCCCCCCCCCCCCCCCCCCCCCC(=O)OC[C@H](COP(=O)(O)OC[C@@H](O)COP(=O)(O)OC[C@@H](COC(=O)CCCCCCCCC(C)C)OC(=O)CCCCCCCCCCCCCCCC)OC(=O)CCCCCCCCCCCCCCCCCCCCC(C)CC. The second-order valence-corrected chi connectivity index (χ2v) is 34.6. The van der Waals surface area contributed by atoms with Crippen molar-refractivity contribution in [2.45, 2.75) is 477 Å². The third-order valence-electron chi connectivity index (χ3n) is 20.6. The van der Waals surface area contributed by atoms with Crippen LogP contribution in [0.4, 0.5) is 0 Å². The first-order chi connectivity index (χ1) is 50.9. The van der Waals surface area contributed by atoms with E-state index in [1.54, 1.807) is 0 Å². The van der Waals surface area contributed by atoms with E-state index in [4.69, 9.17) is 37.0 Å². The highest BCUT2D eigenvalue weighted by atomic mass is 31.2. The Balaban J connectivity index is 5.20. The molecule has 0 amide bonds. The summed E-state index contributed by atoms with van der Waals surface area (Å²) in [4.78, 5) is 73.1. The lowest BCUT2D eigenvalue weighted by molar-refractivity contribution is -0.161. The Morgan fingerprint density at radius 3 is 0.724 bits per heavy atom. The largest absolute Gasteiger partial charge is 0.472 e. The van der Waals surface area contributed by atoms with E-state index in [0.717, 1.165) is 102 Å². The van der Waals surface area contributed by atoms with Crippen LogP contribution in [0.2, 0.25) is 0 Å². The number of carbonyl (C=O) groups excluding carboxylic acids is 4. The number of unbranched alkanes of at least 4 members (excludes halogenated alkanes) is 54. The molecule has 0 saturated carbocycles. The van der Waals surface area contributed by atoms with E-state index in [1.165, 1.54) is 270 Å². The second kappa shape index (κ2) is 77.4. The van der Waals surface area contributed by atoms with Crippen LogP contribution in [0.3, 0.4) is 0 Å². The van der Waals surface area contributed by atoms with Crippen LogP contribution in [-0.2, 0) is 65.4 Å². The number of hydrogen-bond donors (Lipinski definition) is 3. The Morgan fingerprint density at radius 2 is 0.486 bits per heavy atom. The van der Waals surface area contributed by atoms with Crippen LogP contribution in [-0.4, -0.2) is 96.7 Å². The number of carbonyl (C=O) groups is 4. The summed E-state index contributed by atoms with van der Waals surface area (Å²) in [5.41, 5.74) is 0. The highest BCUT2D eigenvalue weighted by Gasteiger charge is 2.30. The fourth-order valence-electron chi connectivity index (χ4n) is 13.4. The molecule has 6 atom stereocenters. The summed E-state index contributed by atoms with van der Waals surface area (Å²) < 4.78 is 68.8. The van der Waals surface area contributed by atoms with E-state index in [0.29, 0.717) is 31.6 Å². The molecule has 0 aliphatic rings. The molecule has 0 fully saturated rings. The maximum atomic E-state index is 13.1. The molecule has 0 aliphatic heterocycles. The first-order valence-electron chi connectivity index (χ1n) is 44.5. The van der Waals surface area contributed by atoms with Crippen LogP contribution >= 0.6 is 15.6 Å². The van der Waals surface area contributed by atoms with Crippen LogP contribution < -0.4 is 0 Å². The molecule has 3 N–H and O–H groups in total. The minimum atomic E-state index is -4.97. The summed E-state index contributed by atoms with van der Waals surface area (Å²) >= 11 is 0. The monoisotopic (exact) mass is 1540 g/mol. The number of rotatable bonds is 85. The number of ether oxygens (including phenoxy) is 4. The Labute approximate surface area is 645 Å². The lowest BCUT2D eigenvalue weighted by Gasteiger charge is -2.21. The zero-order valence-corrected chi connectivity index (χ0v) is 70.8. The summed E-state index contributed by atoms with van der Waals surface area (Å²) in [5.74, 6) is -0.554. The third-order valence-corrected chi connectivity index (χ3v) is 22.5. The van der Waals surface area contributed by atoms with Crippen molar-refractivity contribution in [3.05, 3.63) is 0 Å². The smallest absolute Gasteiger partial charge is 0.462 e. The standard InChI is InChI=1S/C86H168O17P2/c1-7-10-12-14-16-18-20-22-24-25-26-27-31-34-38-41-45-49-56-62-68-83(88)96-74-81(102-85(90)71-65-59-51-47-43-39-35-32-29-28-30-33-36-40-44-48-55-61-67-79(6)9-3)76-100-104(92,93)98-72-80(87)73-99-105(94,95)101-77-82(75-97-84(89)69-63-57-53-52-54-60-66-78(4)5)103-86(91)70-64-58-50-46-42-37-23-21-19-17-15-13-11-8-2/h78-82,87H,7-77H2,1-6H3,(H,92,93)(H,94,95)/t79?,80-,81-,82-/m1/s1. The van der Waals surface area contributed by atoms with Gasteiger partial charge in [-0.15, -0.1) is 0 Å². The van der Waals surface area contributed by atoms with Gasteiger partial charge in [-0.05, 0) is 37.5 Å². The highest BCUT2D eigenvalue weighted by Crippen LogP contribution is 2.45. The molecule has 0 heterocycles. The quantitative estimate of drug-likeness (QED) is 0.0222. The second-order valence-electron chi connectivity index (χ2n) is 31.6. The van der Waals surface area contributed by atoms with Gasteiger partial charge in [0.2, 0.25) is 0 Å². The average molecular weight is 1540 g/mol. The van der Waals surface area contributed by atoms with Crippen LogP contribution in [0, 0.1) is 11.8 Å². The molecule has 0 radical (unpaired) electrons. The van der Waals surface area contributed by atoms with Crippen molar-refractivity contribution in [1.82, 2.24) is 0 Å². The molecule has 0 aromatic heterocycles. The predicted molar refractivity (Wildman–Crippen MR) is 432 cm³/mol. The van der Waals surface area contributed by atoms with Crippen molar-refractivity contribution in [1.29, 1.82) is 0 Å². The molecular formula is C86H168O17P2. The van der Waals surface area contributed by atoms with Gasteiger partial charge in [0.1, 0.15) is 19.3 Å². The van der Waals surface area contributed by atoms with Gasteiger partial charge >= 0.3 is 39.5 Å². The summed E-state index contributed by atoms with van der Waals surface area (Å²) in [6, 6.07) is 0. The van der Waals surface area contributed by atoms with Crippen molar-refractivity contribution in [2.24, 2.45) is 11.8 Å². The number of phosphoric ester groups is 2. The minimum Gasteiger partial charge on any atom is -0.462 e. The number of esters is 4. The van der Waals surface area contributed by atoms with Gasteiger partial charge in [-0.3, -0.25) is 37.3 Å². The van der Waals surface area contributed by atoms with Crippen LogP contribution in [0.1, 0.15) is 459 Å². The van der Waals surface area contributed by atoms with Crippen molar-refractivity contribution < 1.29 is 80.2 Å². The lowest BCUT2D eigenvalue weighted by atomic mass is 9.99. The lowest BCUT2D eigenvalue weighted by Crippen LogP contribution is -2.30. The van der Waals surface area contributed by atoms with Crippen LogP contribution in [0.15, 0.2) is 0 Å². The molecule has 0 aromatic rings. The van der Waals surface area contributed by atoms with E-state index >= 15 is 0 Å². The Kier molecular flexibility index (Phi) is 76.0. The maximum absolute atomic E-state index is 13.1. The van der Waals surface area contributed by atoms with Crippen molar-refractivity contribution in [2.75, 3.05) is 39.6 Å². The van der Waals surface area contributed by atoms with Crippen molar-refractivity contribution >= 4 is 39.5 Å². The normalized spacial score (nSPS) is 14.1. The van der Waals surface area contributed by atoms with Gasteiger partial charge in [-0.1, -0.05) is 408 Å². The summed E-state index contributed by atoms with van der Waals surface area (Å²) in [6.07, 6.45) is 69.7. The fourth-order valence-corrected chi connectivity index (χ4v) is 15.0. The first-order valence-corrected chi connectivity index (χ1v) is 47.5. The van der Waals surface area contributed by atoms with Gasteiger partial charge in [0.15, 0.2) is 12.2 Å². The molecule has 0 bridgehead atoms. The van der Waals surface area contributed by atoms with Gasteiger partial charge in [0.25, 0.3) is 0 Å². The molecule has 0 aliphatic carbocycles. The van der Waals surface area contributed by atoms with E-state index in [-0.39, 0.29) is 25.7 Å². The molecule has 0 spiro atoms. The van der Waals surface area contributed by atoms with Crippen molar-refractivity contribution in [3.8, 4) is 0 Å². The summed E-state index contributed by atoms with van der Waals surface area (Å²) in [7, 11) is -9.92. The molecule has 3 unspecified atom stereocenters. The van der Waals surface area contributed by atoms with Gasteiger partial charge < -0.3 is 33.8 Å². The topological polar surface area (TPSA) is 237 Å². The molecule has 0 rings (SSSR count). The van der Waals surface area contributed by atoms with E-state index in [1.807, 2.05) is 0 Å². The van der Waals surface area contributed by atoms with Gasteiger partial charge in [0.05, 0.1) is 26.4 Å². The average Bonchev–Trinajstić information content (AvgIpc) is 0.915. The molecule has 0 saturated heterocycles. The van der Waals surface area contributed by atoms with Gasteiger partial charge in [0, 0.05) is 25.7 Å². The summed E-state index contributed by atoms with van der Waals surface area (Å²) in [5, 5.41) is 10.7. The third kappa shape index (κ3) is 78.5. The van der Waals surface area contributed by atoms with Crippen LogP contribution in [0.25, 0.3) is 0 Å².